The van der Waals surface area contributed by atoms with Crippen molar-refractivity contribution in [2.24, 2.45) is 0 Å². The molecule has 0 saturated heterocycles. The summed E-state index contributed by atoms with van der Waals surface area (Å²) in [6, 6.07) is 5.86. The predicted molar refractivity (Wildman–Crippen MR) is 73.1 cm³/mol. The van der Waals surface area contributed by atoms with Crippen LogP contribution in [-0.2, 0) is 0 Å². The van der Waals surface area contributed by atoms with Gasteiger partial charge in [-0.3, -0.25) is 4.79 Å². The quantitative estimate of drug-likeness (QED) is 0.858. The molecular formula is C13H14N2O2S. The second-order valence-corrected chi connectivity index (χ2v) is 4.78. The van der Waals surface area contributed by atoms with Crippen molar-refractivity contribution < 1.29 is 9.53 Å². The summed E-state index contributed by atoms with van der Waals surface area (Å²) >= 11 is 1.40. The zero-order valence-corrected chi connectivity index (χ0v) is 11.3. The molecule has 0 bridgehead atoms. The van der Waals surface area contributed by atoms with Crippen molar-refractivity contribution in [1.82, 2.24) is 4.98 Å². The van der Waals surface area contributed by atoms with Gasteiger partial charge in [-0.1, -0.05) is 6.07 Å². The predicted octanol–water partition coefficient (Wildman–Crippen LogP) is 3.41. The van der Waals surface area contributed by atoms with E-state index in [1.54, 1.807) is 12.5 Å². The molecule has 0 amide bonds. The molecule has 18 heavy (non-hydrogen) atoms. The molecule has 2 rings (SSSR count). The molecule has 0 saturated carbocycles. The Labute approximate surface area is 110 Å². The topological polar surface area (TPSA) is 51.2 Å². The molecule has 2 aromatic rings. The second kappa shape index (κ2) is 5.18. The largest absolute Gasteiger partial charge is 0.495 e. The van der Waals surface area contributed by atoms with E-state index in [1.165, 1.54) is 18.3 Å². The molecule has 0 fully saturated rings. The van der Waals surface area contributed by atoms with Crippen LogP contribution in [0.2, 0.25) is 0 Å². The van der Waals surface area contributed by atoms with Gasteiger partial charge in [0.1, 0.15) is 11.4 Å². The fourth-order valence-corrected chi connectivity index (χ4v) is 2.29. The number of carbonyl (C=O) groups excluding carboxylic acids is 1. The van der Waals surface area contributed by atoms with Crippen molar-refractivity contribution in [2.75, 3.05) is 12.4 Å². The van der Waals surface area contributed by atoms with Crippen LogP contribution in [0.1, 0.15) is 23.0 Å². The number of benzene rings is 1. The monoisotopic (exact) mass is 262 g/mol. The van der Waals surface area contributed by atoms with Gasteiger partial charge >= 0.3 is 0 Å². The number of Topliss-reactive ketones (excluding diaryl/α,β-unsaturated/α-hetero) is 1. The number of hydrogen-bond acceptors (Lipinski definition) is 5. The smallest absolute Gasteiger partial charge is 0.187 e. The first-order valence-corrected chi connectivity index (χ1v) is 6.36. The zero-order valence-electron chi connectivity index (χ0n) is 10.5. The minimum atomic E-state index is -0.0319. The highest BCUT2D eigenvalue weighted by Crippen LogP contribution is 2.29. The van der Waals surface area contributed by atoms with Gasteiger partial charge in [0.15, 0.2) is 10.9 Å². The van der Waals surface area contributed by atoms with E-state index in [2.05, 4.69) is 10.3 Å². The number of thiazole rings is 1. The third-order valence-corrected chi connectivity index (χ3v) is 3.22. The number of anilines is 2. The summed E-state index contributed by atoms with van der Waals surface area (Å²) in [6.07, 6.45) is 0. The zero-order chi connectivity index (χ0) is 13.1. The number of methoxy groups -OCH3 is 1. The molecule has 0 aliphatic heterocycles. The number of hydrogen-bond donors (Lipinski definition) is 1. The van der Waals surface area contributed by atoms with Crippen LogP contribution in [0.3, 0.4) is 0 Å². The summed E-state index contributed by atoms with van der Waals surface area (Å²) in [5, 5.41) is 5.60. The van der Waals surface area contributed by atoms with Crippen molar-refractivity contribution in [3.63, 3.8) is 0 Å². The summed E-state index contributed by atoms with van der Waals surface area (Å²) in [4.78, 5) is 15.4. The lowest BCUT2D eigenvalue weighted by atomic mass is 10.2. The van der Waals surface area contributed by atoms with Gasteiger partial charge in [-0.05, 0) is 24.6 Å². The van der Waals surface area contributed by atoms with Crippen LogP contribution >= 0.6 is 11.3 Å². The van der Waals surface area contributed by atoms with Crippen LogP contribution in [0.5, 0.6) is 5.75 Å². The first-order valence-electron chi connectivity index (χ1n) is 5.48. The van der Waals surface area contributed by atoms with Crippen molar-refractivity contribution in [1.29, 1.82) is 0 Å². The lowest BCUT2D eigenvalue weighted by molar-refractivity contribution is 0.101. The van der Waals surface area contributed by atoms with E-state index in [0.29, 0.717) is 10.8 Å². The summed E-state index contributed by atoms with van der Waals surface area (Å²) in [7, 11) is 1.62. The Balaban J connectivity index is 2.27. The highest BCUT2D eigenvalue weighted by atomic mass is 32.1. The van der Waals surface area contributed by atoms with Gasteiger partial charge in [0, 0.05) is 12.3 Å². The second-order valence-electron chi connectivity index (χ2n) is 3.92. The Hall–Kier alpha value is -1.88. The Morgan fingerprint density at radius 3 is 2.83 bits per heavy atom. The van der Waals surface area contributed by atoms with Crippen molar-refractivity contribution in [3.8, 4) is 5.75 Å². The Bertz CT molecular complexity index is 578. The van der Waals surface area contributed by atoms with E-state index in [9.17, 15) is 4.79 Å². The Morgan fingerprint density at radius 1 is 1.44 bits per heavy atom. The van der Waals surface area contributed by atoms with E-state index in [0.717, 1.165) is 17.0 Å². The van der Waals surface area contributed by atoms with Crippen LogP contribution in [0.4, 0.5) is 10.8 Å². The number of rotatable bonds is 4. The number of nitrogens with zero attached hydrogens (tertiary/aromatic N) is 1. The first kappa shape index (κ1) is 12.6. The average Bonchev–Trinajstić information content (AvgIpc) is 2.78. The van der Waals surface area contributed by atoms with Gasteiger partial charge in [-0.15, -0.1) is 11.3 Å². The summed E-state index contributed by atoms with van der Waals surface area (Å²) in [6.45, 7) is 3.51. The summed E-state index contributed by atoms with van der Waals surface area (Å²) in [5.74, 6) is 0.718. The minimum Gasteiger partial charge on any atom is -0.495 e. The van der Waals surface area contributed by atoms with E-state index in [-0.39, 0.29) is 5.78 Å². The van der Waals surface area contributed by atoms with Crippen LogP contribution < -0.4 is 10.1 Å². The average molecular weight is 262 g/mol. The molecule has 5 heteroatoms. The third kappa shape index (κ3) is 2.68. The van der Waals surface area contributed by atoms with Gasteiger partial charge in [-0.2, -0.15) is 0 Å². The maximum absolute atomic E-state index is 11.2. The number of aryl methyl sites for hydroxylation is 1. The molecule has 0 aliphatic carbocycles. The maximum atomic E-state index is 11.2. The number of ketones is 1. The van der Waals surface area contributed by atoms with Crippen LogP contribution in [0, 0.1) is 6.92 Å². The van der Waals surface area contributed by atoms with Crippen molar-refractivity contribution in [2.45, 2.75) is 13.8 Å². The molecule has 0 atom stereocenters. The molecule has 1 N–H and O–H groups in total. The molecule has 4 nitrogen and oxygen atoms in total. The Morgan fingerprint density at radius 2 is 2.22 bits per heavy atom. The van der Waals surface area contributed by atoms with Crippen LogP contribution in [0.15, 0.2) is 23.6 Å². The first-order chi connectivity index (χ1) is 8.60. The molecule has 1 heterocycles. The van der Waals surface area contributed by atoms with Crippen molar-refractivity contribution in [3.05, 3.63) is 34.8 Å². The molecule has 1 aromatic heterocycles. The number of carbonyl (C=O) groups is 1. The highest BCUT2D eigenvalue weighted by Gasteiger charge is 2.08. The van der Waals surface area contributed by atoms with Crippen molar-refractivity contribution >= 4 is 27.9 Å². The van der Waals surface area contributed by atoms with Gasteiger partial charge < -0.3 is 10.1 Å². The van der Waals surface area contributed by atoms with E-state index < -0.39 is 0 Å². The van der Waals surface area contributed by atoms with E-state index in [4.69, 9.17) is 4.74 Å². The van der Waals surface area contributed by atoms with Gasteiger partial charge in [-0.25, -0.2) is 4.98 Å². The lowest BCUT2D eigenvalue weighted by Gasteiger charge is -2.09. The fourth-order valence-electron chi connectivity index (χ4n) is 1.53. The van der Waals surface area contributed by atoms with Gasteiger partial charge in [0.05, 0.1) is 12.8 Å². The van der Waals surface area contributed by atoms with Crippen LogP contribution in [0.25, 0.3) is 0 Å². The molecule has 94 valence electrons. The SMILES string of the molecule is COc1ccc(C)cc1Nc1nc(C(C)=O)cs1. The molecule has 0 unspecified atom stereocenters. The van der Waals surface area contributed by atoms with Gasteiger partial charge in [0.2, 0.25) is 0 Å². The molecular weight excluding hydrogens is 248 g/mol. The highest BCUT2D eigenvalue weighted by molar-refractivity contribution is 7.14. The van der Waals surface area contributed by atoms with E-state index >= 15 is 0 Å². The maximum Gasteiger partial charge on any atom is 0.187 e. The van der Waals surface area contributed by atoms with Crippen LogP contribution in [-0.4, -0.2) is 17.9 Å². The molecule has 0 aliphatic rings. The van der Waals surface area contributed by atoms with Gasteiger partial charge in [0.25, 0.3) is 0 Å². The normalized spacial score (nSPS) is 10.2. The molecule has 0 radical (unpaired) electrons. The van der Waals surface area contributed by atoms with E-state index in [1.807, 2.05) is 25.1 Å². The molecule has 0 spiro atoms. The minimum absolute atomic E-state index is 0.0319. The number of nitrogens with one attached hydrogen (secondary N) is 1. The Kier molecular flexibility index (Phi) is 3.62. The molecule has 1 aromatic carbocycles. The summed E-state index contributed by atoms with van der Waals surface area (Å²) in [5.41, 5.74) is 2.46. The fraction of sp³-hybridized carbons (Fsp3) is 0.231. The summed E-state index contributed by atoms with van der Waals surface area (Å²) < 4.78 is 5.27. The number of aromatic nitrogens is 1. The standard InChI is InChI=1S/C13H14N2O2S/c1-8-4-5-12(17-3)10(6-8)14-13-15-11(7-18-13)9(2)16/h4-7H,1-3H3,(H,14,15). The number of ether oxygens (including phenoxy) is 1. The lowest BCUT2D eigenvalue weighted by Crippen LogP contribution is -1.96. The third-order valence-electron chi connectivity index (χ3n) is 2.46.